The molecule has 5 heterocycles. The Bertz CT molecular complexity index is 1280. The summed E-state index contributed by atoms with van der Waals surface area (Å²) in [6.07, 6.45) is 6.00. The monoisotopic (exact) mass is 473 g/mol. The Morgan fingerprint density at radius 1 is 0.912 bits per heavy atom. The number of anilines is 1. The largest absolute Gasteiger partial charge is 0.369 e. The highest BCUT2D eigenvalue weighted by Gasteiger charge is 2.27. The van der Waals surface area contributed by atoms with Crippen LogP contribution in [-0.4, -0.2) is 81.8 Å². The van der Waals surface area contributed by atoms with E-state index in [1.807, 2.05) is 28.9 Å². The highest BCUT2D eigenvalue weighted by Crippen LogP contribution is 2.31. The van der Waals surface area contributed by atoms with E-state index >= 15 is 0 Å². The summed E-state index contributed by atoms with van der Waals surface area (Å²) < 4.78 is 1.85. The molecule has 0 N–H and O–H groups in total. The number of benzene rings is 1. The van der Waals surface area contributed by atoms with Crippen LogP contribution < -0.4 is 4.90 Å². The van der Waals surface area contributed by atoms with Gasteiger partial charge in [0.15, 0.2) is 10.8 Å². The highest BCUT2D eigenvalue weighted by atomic mass is 32.2. The second-order valence-electron chi connectivity index (χ2n) is 9.01. The first-order valence-electron chi connectivity index (χ1n) is 11.8. The molecule has 3 aromatic rings. The van der Waals surface area contributed by atoms with Gasteiger partial charge in [-0.05, 0) is 62.0 Å². The van der Waals surface area contributed by atoms with Gasteiger partial charge in [0.25, 0.3) is 5.91 Å². The Morgan fingerprint density at radius 2 is 1.68 bits per heavy atom. The third kappa shape index (κ3) is 4.10. The summed E-state index contributed by atoms with van der Waals surface area (Å²) in [4.78, 5) is 28.9. The Hall–Kier alpha value is -3.17. The molecule has 0 atom stereocenters. The number of carbonyl (C=O) groups excluding carboxylic acids is 1. The number of carbonyl (C=O) groups is 1. The van der Waals surface area contributed by atoms with E-state index in [1.165, 1.54) is 17.4 Å². The van der Waals surface area contributed by atoms with Gasteiger partial charge in [0.2, 0.25) is 0 Å². The lowest BCUT2D eigenvalue weighted by Crippen LogP contribution is -2.44. The molecule has 2 fully saturated rings. The highest BCUT2D eigenvalue weighted by molar-refractivity contribution is 8.18. The van der Waals surface area contributed by atoms with Crippen molar-refractivity contribution in [3.05, 3.63) is 53.2 Å². The number of nitrogens with zero attached hydrogens (tertiary/aromatic N) is 7. The molecular formula is C25H27N7OS. The molecule has 3 aliphatic rings. The lowest BCUT2D eigenvalue weighted by atomic mass is 10.1. The van der Waals surface area contributed by atoms with Crippen LogP contribution in [0.2, 0.25) is 0 Å². The van der Waals surface area contributed by atoms with E-state index in [9.17, 15) is 4.79 Å². The van der Waals surface area contributed by atoms with Crippen molar-refractivity contribution in [3.63, 3.8) is 0 Å². The molecule has 0 spiro atoms. The lowest BCUT2D eigenvalue weighted by molar-refractivity contribution is -0.113. The number of amides is 1. The van der Waals surface area contributed by atoms with Gasteiger partial charge in [0.05, 0.1) is 22.5 Å². The average molecular weight is 474 g/mol. The second kappa shape index (κ2) is 8.88. The van der Waals surface area contributed by atoms with Crippen LogP contribution in [0.25, 0.3) is 23.0 Å². The summed E-state index contributed by atoms with van der Waals surface area (Å²) in [7, 11) is 2.17. The molecule has 34 heavy (non-hydrogen) atoms. The summed E-state index contributed by atoms with van der Waals surface area (Å²) in [5, 5.41) is 5.60. The first kappa shape index (κ1) is 21.4. The van der Waals surface area contributed by atoms with E-state index in [4.69, 9.17) is 5.10 Å². The number of hydrogen-bond acceptors (Lipinski definition) is 7. The smallest absolute Gasteiger partial charge is 0.286 e. The minimum absolute atomic E-state index is 0.181. The maximum absolute atomic E-state index is 12.5. The quantitative estimate of drug-likeness (QED) is 0.541. The zero-order valence-electron chi connectivity index (χ0n) is 19.2. The van der Waals surface area contributed by atoms with Gasteiger partial charge < -0.3 is 14.7 Å². The van der Waals surface area contributed by atoms with Crippen LogP contribution in [0, 0.1) is 0 Å². The van der Waals surface area contributed by atoms with Crippen LogP contribution in [0.4, 0.5) is 5.69 Å². The normalized spacial score (nSPS) is 20.7. The lowest BCUT2D eigenvalue weighted by Gasteiger charge is -2.34. The maximum atomic E-state index is 12.5. The van der Waals surface area contributed by atoms with Gasteiger partial charge >= 0.3 is 0 Å². The van der Waals surface area contributed by atoms with Crippen molar-refractivity contribution < 1.29 is 4.79 Å². The second-order valence-corrected chi connectivity index (χ2v) is 10.0. The molecule has 1 aromatic carbocycles. The van der Waals surface area contributed by atoms with E-state index < -0.39 is 0 Å². The Labute approximate surface area is 203 Å². The summed E-state index contributed by atoms with van der Waals surface area (Å²) in [5.74, 6) is -0.181. The first-order valence-corrected chi connectivity index (χ1v) is 12.6. The molecule has 0 aliphatic carbocycles. The average Bonchev–Trinajstić information content (AvgIpc) is 3.60. The van der Waals surface area contributed by atoms with E-state index in [-0.39, 0.29) is 5.91 Å². The van der Waals surface area contributed by atoms with Gasteiger partial charge in [-0.2, -0.15) is 10.1 Å². The summed E-state index contributed by atoms with van der Waals surface area (Å²) >= 11 is 1.45. The number of hydrogen-bond donors (Lipinski definition) is 0. The van der Waals surface area contributed by atoms with Crippen LogP contribution in [0.3, 0.4) is 0 Å². The Kier molecular flexibility index (Phi) is 5.58. The topological polar surface area (TPSA) is 69.3 Å². The van der Waals surface area contributed by atoms with Gasteiger partial charge in [-0.1, -0.05) is 12.1 Å². The molecule has 8 nitrogen and oxygen atoms in total. The third-order valence-electron chi connectivity index (χ3n) is 6.68. The number of imidazole rings is 1. The predicted molar refractivity (Wildman–Crippen MR) is 137 cm³/mol. The molecule has 0 radical (unpaired) electrons. The SMILES string of the molecule is CN1CCN(c2ccc(-c3cnc4ccc(/C=C5\SC(N6CCCC6)=NC5=O)nn34)cc2)CC1. The Morgan fingerprint density at radius 3 is 2.44 bits per heavy atom. The van der Waals surface area contributed by atoms with Gasteiger partial charge in [-0.3, -0.25) is 4.79 Å². The summed E-state index contributed by atoms with van der Waals surface area (Å²) in [6, 6.07) is 12.5. The number of likely N-dealkylation sites (tertiary alicyclic amines) is 1. The van der Waals surface area contributed by atoms with Crippen molar-refractivity contribution in [2.45, 2.75) is 12.8 Å². The van der Waals surface area contributed by atoms with E-state index in [1.54, 1.807) is 0 Å². The number of thioether (sulfide) groups is 1. The number of piperazine rings is 1. The van der Waals surface area contributed by atoms with Crippen molar-refractivity contribution in [1.29, 1.82) is 0 Å². The van der Waals surface area contributed by atoms with Crippen molar-refractivity contribution in [3.8, 4) is 11.3 Å². The van der Waals surface area contributed by atoms with E-state index in [2.05, 4.69) is 56.0 Å². The molecule has 0 bridgehead atoms. The molecule has 2 saturated heterocycles. The fraction of sp³-hybridized carbons (Fsp3) is 0.360. The van der Waals surface area contributed by atoms with Crippen LogP contribution in [-0.2, 0) is 4.79 Å². The van der Waals surface area contributed by atoms with Gasteiger partial charge in [-0.25, -0.2) is 9.50 Å². The van der Waals surface area contributed by atoms with Gasteiger partial charge in [-0.15, -0.1) is 0 Å². The van der Waals surface area contributed by atoms with Crippen molar-refractivity contribution in [2.75, 3.05) is 51.2 Å². The fourth-order valence-electron chi connectivity index (χ4n) is 4.64. The van der Waals surface area contributed by atoms with Crippen LogP contribution in [0.1, 0.15) is 18.5 Å². The van der Waals surface area contributed by atoms with Crippen molar-refractivity contribution >= 4 is 40.2 Å². The zero-order chi connectivity index (χ0) is 23.1. The number of aliphatic imine (C=N–C) groups is 1. The Balaban J connectivity index is 1.24. The standard InChI is InChI=1S/C25H27N7OS/c1-29-12-14-30(15-13-29)20-7-4-18(5-8-20)21-17-26-23-9-6-19(28-32(21)23)16-22-24(33)27-25(34-22)31-10-2-3-11-31/h4-9,16-17H,2-3,10-15H2,1H3/b22-16-. The number of likely N-dealkylation sites (N-methyl/N-ethyl adjacent to an activating group) is 1. The molecule has 9 heteroatoms. The zero-order valence-corrected chi connectivity index (χ0v) is 20.0. The predicted octanol–water partition coefficient (Wildman–Crippen LogP) is 3.21. The fourth-order valence-corrected chi connectivity index (χ4v) is 5.59. The minimum Gasteiger partial charge on any atom is -0.369 e. The van der Waals surface area contributed by atoms with E-state index in [0.29, 0.717) is 4.91 Å². The molecule has 2 aromatic heterocycles. The summed E-state index contributed by atoms with van der Waals surface area (Å²) in [5.41, 5.74) is 4.73. The van der Waals surface area contributed by atoms with Crippen LogP contribution in [0.15, 0.2) is 52.5 Å². The molecule has 0 unspecified atom stereocenters. The molecule has 3 aliphatic heterocycles. The van der Waals surface area contributed by atoms with Crippen molar-refractivity contribution in [2.24, 2.45) is 4.99 Å². The van der Waals surface area contributed by atoms with Gasteiger partial charge in [0, 0.05) is 50.5 Å². The van der Waals surface area contributed by atoms with Crippen LogP contribution >= 0.6 is 11.8 Å². The molecule has 1 amide bonds. The number of amidine groups is 1. The minimum atomic E-state index is -0.181. The van der Waals surface area contributed by atoms with Crippen LogP contribution in [0.5, 0.6) is 0 Å². The molecular weight excluding hydrogens is 446 g/mol. The molecule has 6 rings (SSSR count). The molecule has 0 saturated carbocycles. The number of rotatable bonds is 3. The first-order chi connectivity index (χ1) is 16.6. The van der Waals surface area contributed by atoms with Gasteiger partial charge in [0.1, 0.15) is 0 Å². The number of aromatic nitrogens is 3. The third-order valence-corrected chi connectivity index (χ3v) is 7.72. The van der Waals surface area contributed by atoms with E-state index in [0.717, 1.165) is 79.9 Å². The maximum Gasteiger partial charge on any atom is 0.286 e. The van der Waals surface area contributed by atoms with Crippen molar-refractivity contribution in [1.82, 2.24) is 24.4 Å². The molecule has 174 valence electrons. The summed E-state index contributed by atoms with van der Waals surface area (Å²) in [6.45, 7) is 6.21. The number of fused-ring (bicyclic) bond motifs is 1.